The van der Waals surface area contributed by atoms with Crippen molar-refractivity contribution < 1.29 is 9.32 Å². The van der Waals surface area contributed by atoms with Crippen LogP contribution in [0, 0.1) is 12.3 Å². The summed E-state index contributed by atoms with van der Waals surface area (Å²) in [5.41, 5.74) is 0.594. The highest BCUT2D eigenvalue weighted by molar-refractivity contribution is 5.83. The minimum atomic E-state index is -0.241. The predicted octanol–water partition coefficient (Wildman–Crippen LogP) is 0.989. The Bertz CT molecular complexity index is 394. The van der Waals surface area contributed by atoms with Gasteiger partial charge in [-0.05, 0) is 26.3 Å². The first kappa shape index (κ1) is 12.1. The molecule has 1 aromatic rings. The van der Waals surface area contributed by atoms with Crippen LogP contribution in [0.4, 0.5) is 0 Å². The summed E-state index contributed by atoms with van der Waals surface area (Å²) in [6, 6.07) is 1.84. The van der Waals surface area contributed by atoms with Crippen LogP contribution in [0.2, 0.25) is 0 Å². The smallest absolute Gasteiger partial charge is 0.227 e. The van der Waals surface area contributed by atoms with Crippen LogP contribution in [0.25, 0.3) is 0 Å². The summed E-state index contributed by atoms with van der Waals surface area (Å²) in [5.74, 6) is 0.812. The fraction of sp³-hybridized carbons (Fsp3) is 0.667. The van der Waals surface area contributed by atoms with E-state index in [1.165, 1.54) is 0 Å². The zero-order valence-corrected chi connectivity index (χ0v) is 10.4. The first-order valence-electron chi connectivity index (χ1n) is 6.07. The van der Waals surface area contributed by atoms with Crippen LogP contribution in [0.1, 0.15) is 31.2 Å². The van der Waals surface area contributed by atoms with Crippen LogP contribution < -0.4 is 10.6 Å². The molecule has 0 radical (unpaired) electrons. The van der Waals surface area contributed by atoms with E-state index in [1.807, 2.05) is 13.0 Å². The summed E-state index contributed by atoms with van der Waals surface area (Å²) in [4.78, 5) is 12.2. The molecule has 1 aliphatic heterocycles. The van der Waals surface area contributed by atoms with Crippen molar-refractivity contribution in [1.82, 2.24) is 15.8 Å². The molecule has 1 aliphatic rings. The summed E-state index contributed by atoms with van der Waals surface area (Å²) in [7, 11) is 0. The Hall–Kier alpha value is -1.36. The Balaban J connectivity index is 1.92. The van der Waals surface area contributed by atoms with Crippen molar-refractivity contribution in [2.24, 2.45) is 5.41 Å². The zero-order valence-electron chi connectivity index (χ0n) is 10.4. The molecule has 2 rings (SSSR count). The lowest BCUT2D eigenvalue weighted by atomic mass is 9.83. The molecule has 1 atom stereocenters. The molecule has 5 heteroatoms. The maximum atomic E-state index is 12.2. The number of carbonyl (C=O) groups is 1. The van der Waals surface area contributed by atoms with Crippen molar-refractivity contribution in [3.8, 4) is 0 Å². The minimum Gasteiger partial charge on any atom is -0.359 e. The Kier molecular flexibility index (Phi) is 3.47. The van der Waals surface area contributed by atoms with E-state index in [2.05, 4.69) is 22.7 Å². The second-order valence-electron chi connectivity index (χ2n) is 4.68. The third-order valence-corrected chi connectivity index (χ3v) is 3.50. The third kappa shape index (κ3) is 2.49. The van der Waals surface area contributed by atoms with E-state index in [0.717, 1.165) is 31.6 Å². The molecule has 94 valence electrons. The number of rotatable bonds is 4. The molecule has 1 fully saturated rings. The zero-order chi connectivity index (χ0) is 12.3. The maximum Gasteiger partial charge on any atom is 0.227 e. The Morgan fingerprint density at radius 1 is 1.71 bits per heavy atom. The molecule has 2 N–H and O–H groups in total. The Morgan fingerprint density at radius 3 is 3.06 bits per heavy atom. The lowest BCUT2D eigenvalue weighted by Crippen LogP contribution is -2.41. The monoisotopic (exact) mass is 237 g/mol. The molecule has 1 unspecified atom stereocenters. The van der Waals surface area contributed by atoms with E-state index in [1.54, 1.807) is 0 Å². The lowest BCUT2D eigenvalue weighted by Gasteiger charge is -2.24. The van der Waals surface area contributed by atoms with E-state index in [0.29, 0.717) is 12.3 Å². The van der Waals surface area contributed by atoms with Crippen LogP contribution >= 0.6 is 0 Å². The third-order valence-electron chi connectivity index (χ3n) is 3.50. The van der Waals surface area contributed by atoms with Gasteiger partial charge in [0.15, 0.2) is 5.76 Å². The summed E-state index contributed by atoms with van der Waals surface area (Å²) in [6.45, 7) is 6.03. The number of hydrogen-bond acceptors (Lipinski definition) is 4. The van der Waals surface area contributed by atoms with Gasteiger partial charge in [-0.2, -0.15) is 0 Å². The molecule has 0 aromatic carbocycles. The molecule has 1 amide bonds. The minimum absolute atomic E-state index is 0.110. The normalized spacial score (nSPS) is 23.9. The number of carbonyl (C=O) groups excluding carboxylic acids is 1. The summed E-state index contributed by atoms with van der Waals surface area (Å²) in [5, 5.41) is 9.97. The standard InChI is InChI=1S/C12H19N3O2/c1-3-12(4-5-13-8-12)11(16)14-7-10-6-9(2)15-17-10/h6,13H,3-5,7-8H2,1-2H3,(H,14,16). The van der Waals surface area contributed by atoms with E-state index in [4.69, 9.17) is 4.52 Å². The van der Waals surface area contributed by atoms with E-state index in [9.17, 15) is 4.79 Å². The van der Waals surface area contributed by atoms with Gasteiger partial charge in [0.05, 0.1) is 17.7 Å². The quantitative estimate of drug-likeness (QED) is 0.819. The van der Waals surface area contributed by atoms with Crippen LogP contribution in [-0.2, 0) is 11.3 Å². The molecule has 1 aromatic heterocycles. The van der Waals surface area contributed by atoms with Gasteiger partial charge in [0, 0.05) is 12.6 Å². The second kappa shape index (κ2) is 4.87. The molecule has 1 saturated heterocycles. The topological polar surface area (TPSA) is 67.2 Å². The molecule has 0 saturated carbocycles. The van der Waals surface area contributed by atoms with Gasteiger partial charge in [0.2, 0.25) is 5.91 Å². The van der Waals surface area contributed by atoms with Crippen LogP contribution in [-0.4, -0.2) is 24.2 Å². The largest absolute Gasteiger partial charge is 0.359 e. The number of nitrogens with one attached hydrogen (secondary N) is 2. The summed E-state index contributed by atoms with van der Waals surface area (Å²) >= 11 is 0. The fourth-order valence-electron chi connectivity index (χ4n) is 2.25. The van der Waals surface area contributed by atoms with Crippen molar-refractivity contribution >= 4 is 5.91 Å². The van der Waals surface area contributed by atoms with Crippen LogP contribution in [0.15, 0.2) is 10.6 Å². The van der Waals surface area contributed by atoms with Gasteiger partial charge in [0.1, 0.15) is 0 Å². The average molecular weight is 237 g/mol. The number of aryl methyl sites for hydroxylation is 1. The van der Waals surface area contributed by atoms with Gasteiger partial charge in [-0.25, -0.2) is 0 Å². The van der Waals surface area contributed by atoms with E-state index >= 15 is 0 Å². The predicted molar refractivity (Wildman–Crippen MR) is 63.3 cm³/mol. The first-order chi connectivity index (χ1) is 8.16. The summed E-state index contributed by atoms with van der Waals surface area (Å²) in [6.07, 6.45) is 1.77. The van der Waals surface area contributed by atoms with Crippen molar-refractivity contribution in [2.75, 3.05) is 13.1 Å². The molecule has 2 heterocycles. The SMILES string of the molecule is CCC1(C(=O)NCc2cc(C)no2)CCNC1. The lowest BCUT2D eigenvalue weighted by molar-refractivity contribution is -0.130. The van der Waals surface area contributed by atoms with Crippen molar-refractivity contribution in [3.63, 3.8) is 0 Å². The van der Waals surface area contributed by atoms with Gasteiger partial charge in [0.25, 0.3) is 0 Å². The van der Waals surface area contributed by atoms with Crippen molar-refractivity contribution in [3.05, 3.63) is 17.5 Å². The highest BCUT2D eigenvalue weighted by Crippen LogP contribution is 2.29. The molecular formula is C12H19N3O2. The fourth-order valence-corrected chi connectivity index (χ4v) is 2.25. The Morgan fingerprint density at radius 2 is 2.53 bits per heavy atom. The van der Waals surface area contributed by atoms with Gasteiger partial charge >= 0.3 is 0 Å². The van der Waals surface area contributed by atoms with Crippen LogP contribution in [0.3, 0.4) is 0 Å². The van der Waals surface area contributed by atoms with Gasteiger partial charge in [-0.1, -0.05) is 12.1 Å². The highest BCUT2D eigenvalue weighted by Gasteiger charge is 2.39. The Labute approximate surface area is 101 Å². The van der Waals surface area contributed by atoms with Gasteiger partial charge in [-0.15, -0.1) is 0 Å². The number of aromatic nitrogens is 1. The molecular weight excluding hydrogens is 218 g/mol. The van der Waals surface area contributed by atoms with E-state index < -0.39 is 0 Å². The molecule has 0 spiro atoms. The molecule has 17 heavy (non-hydrogen) atoms. The van der Waals surface area contributed by atoms with Crippen LogP contribution in [0.5, 0.6) is 0 Å². The summed E-state index contributed by atoms with van der Waals surface area (Å²) < 4.78 is 5.06. The van der Waals surface area contributed by atoms with Crippen molar-refractivity contribution in [1.29, 1.82) is 0 Å². The molecule has 0 aliphatic carbocycles. The number of amides is 1. The maximum absolute atomic E-state index is 12.2. The van der Waals surface area contributed by atoms with Gasteiger partial charge in [-0.3, -0.25) is 4.79 Å². The van der Waals surface area contributed by atoms with E-state index in [-0.39, 0.29) is 11.3 Å². The second-order valence-corrected chi connectivity index (χ2v) is 4.68. The molecule has 5 nitrogen and oxygen atoms in total. The van der Waals surface area contributed by atoms with Gasteiger partial charge < -0.3 is 15.2 Å². The average Bonchev–Trinajstić information content (AvgIpc) is 2.95. The number of nitrogens with zero attached hydrogens (tertiary/aromatic N) is 1. The first-order valence-corrected chi connectivity index (χ1v) is 6.07. The van der Waals surface area contributed by atoms with Crippen molar-refractivity contribution in [2.45, 2.75) is 33.2 Å². The molecule has 0 bridgehead atoms. The number of hydrogen-bond donors (Lipinski definition) is 2. The highest BCUT2D eigenvalue weighted by atomic mass is 16.5.